The number of carbonyl (C=O) groups is 1. The molecule has 2 rings (SSSR count). The molecule has 0 fully saturated rings. The molecule has 5 nitrogen and oxygen atoms in total. The number of rotatable bonds is 10. The predicted molar refractivity (Wildman–Crippen MR) is 101 cm³/mol. The number of pyridine rings is 1. The molecule has 25 heavy (non-hydrogen) atoms. The fourth-order valence-electron chi connectivity index (χ4n) is 2.35. The Hall–Kier alpha value is -2.11. The number of nitrogens with zero attached hydrogens (tertiary/aromatic N) is 1. The summed E-state index contributed by atoms with van der Waals surface area (Å²) in [4.78, 5) is 16.0. The van der Waals surface area contributed by atoms with Crippen LogP contribution in [0.15, 0.2) is 42.7 Å². The summed E-state index contributed by atoms with van der Waals surface area (Å²) in [5, 5.41) is 3.32. The Morgan fingerprint density at radius 2 is 2.04 bits per heavy atom. The van der Waals surface area contributed by atoms with Gasteiger partial charge < -0.3 is 15.8 Å². The molecule has 134 valence electrons. The first-order chi connectivity index (χ1) is 12.2. The van der Waals surface area contributed by atoms with Crippen LogP contribution < -0.4 is 15.8 Å². The molecule has 0 aliphatic carbocycles. The van der Waals surface area contributed by atoms with Gasteiger partial charge in [0.1, 0.15) is 12.4 Å². The van der Waals surface area contributed by atoms with E-state index in [-0.39, 0.29) is 5.91 Å². The Labute approximate surface area is 153 Å². The Balaban J connectivity index is 1.79. The number of benzene rings is 1. The molecule has 1 amide bonds. The minimum Gasteiger partial charge on any atom is -0.487 e. The van der Waals surface area contributed by atoms with E-state index in [2.05, 4.69) is 10.3 Å². The van der Waals surface area contributed by atoms with Crippen LogP contribution in [0.1, 0.15) is 37.7 Å². The fraction of sp³-hybridized carbons (Fsp3) is 0.368. The van der Waals surface area contributed by atoms with Crippen LogP contribution in [0.5, 0.6) is 5.75 Å². The molecule has 3 N–H and O–H groups in total. The zero-order chi connectivity index (χ0) is 17.9. The fourth-order valence-corrected chi connectivity index (χ4v) is 2.58. The molecule has 0 aliphatic heterocycles. The van der Waals surface area contributed by atoms with Crippen molar-refractivity contribution in [3.05, 3.63) is 53.3 Å². The molecule has 0 saturated carbocycles. The zero-order valence-corrected chi connectivity index (χ0v) is 15.0. The van der Waals surface area contributed by atoms with E-state index in [1.807, 2.05) is 12.1 Å². The molecular weight excluding hydrogens is 338 g/mol. The minimum atomic E-state index is -0.00663. The van der Waals surface area contributed by atoms with Gasteiger partial charge in [-0.2, -0.15) is 0 Å². The first kappa shape index (κ1) is 19.2. The maximum absolute atomic E-state index is 11.9. The predicted octanol–water partition coefficient (Wildman–Crippen LogP) is 4.16. The number of hydrogen-bond acceptors (Lipinski definition) is 4. The van der Waals surface area contributed by atoms with Gasteiger partial charge in [0, 0.05) is 30.1 Å². The van der Waals surface area contributed by atoms with Crippen LogP contribution in [0, 0.1) is 0 Å². The first-order valence-electron chi connectivity index (χ1n) is 8.50. The van der Waals surface area contributed by atoms with E-state index in [9.17, 15) is 4.79 Å². The number of unbranched alkanes of at least 4 members (excludes halogenated alkanes) is 3. The van der Waals surface area contributed by atoms with Gasteiger partial charge in [0.25, 0.3) is 0 Å². The maximum Gasteiger partial charge on any atom is 0.224 e. The number of carbonyl (C=O) groups excluding carboxylic acids is 1. The molecule has 2 aromatic rings. The largest absolute Gasteiger partial charge is 0.487 e. The van der Waals surface area contributed by atoms with E-state index < -0.39 is 0 Å². The van der Waals surface area contributed by atoms with E-state index in [4.69, 9.17) is 22.1 Å². The molecule has 0 atom stereocenters. The average molecular weight is 362 g/mol. The number of nitrogens with one attached hydrogen (secondary N) is 1. The summed E-state index contributed by atoms with van der Waals surface area (Å²) in [5.74, 6) is 0.568. The van der Waals surface area contributed by atoms with Gasteiger partial charge in [-0.05, 0) is 43.7 Å². The van der Waals surface area contributed by atoms with Crippen molar-refractivity contribution in [2.45, 2.75) is 38.7 Å². The third kappa shape index (κ3) is 7.11. The molecule has 0 unspecified atom stereocenters. The van der Waals surface area contributed by atoms with E-state index in [1.165, 1.54) is 0 Å². The van der Waals surface area contributed by atoms with Gasteiger partial charge >= 0.3 is 0 Å². The van der Waals surface area contributed by atoms with Crippen LogP contribution in [0.25, 0.3) is 0 Å². The summed E-state index contributed by atoms with van der Waals surface area (Å²) in [6, 6.07) is 9.04. The lowest BCUT2D eigenvalue weighted by atomic mass is 10.1. The second-order valence-electron chi connectivity index (χ2n) is 5.80. The molecule has 1 aromatic carbocycles. The van der Waals surface area contributed by atoms with Crippen molar-refractivity contribution >= 4 is 23.2 Å². The van der Waals surface area contributed by atoms with Gasteiger partial charge in [-0.25, -0.2) is 0 Å². The number of aromatic nitrogens is 1. The molecule has 0 bridgehead atoms. The zero-order valence-electron chi connectivity index (χ0n) is 14.2. The van der Waals surface area contributed by atoms with Crippen LogP contribution >= 0.6 is 11.6 Å². The Morgan fingerprint density at radius 1 is 1.20 bits per heavy atom. The molecule has 0 spiro atoms. The highest BCUT2D eigenvalue weighted by molar-refractivity contribution is 6.32. The maximum atomic E-state index is 11.9. The Bertz CT molecular complexity index is 665. The lowest BCUT2D eigenvalue weighted by Crippen LogP contribution is -2.11. The summed E-state index contributed by atoms with van der Waals surface area (Å²) in [6.07, 6.45) is 7.93. The van der Waals surface area contributed by atoms with Gasteiger partial charge in [-0.1, -0.05) is 30.5 Å². The van der Waals surface area contributed by atoms with Crippen molar-refractivity contribution < 1.29 is 9.53 Å². The standard InChI is InChI=1S/C19H24ClN3O2/c20-17-12-16(23-19(24)7-3-1-2-4-10-21)8-9-18(17)25-14-15-6-5-11-22-13-15/h5-6,8-9,11-13H,1-4,7,10,14,21H2,(H,23,24). The van der Waals surface area contributed by atoms with E-state index in [0.29, 0.717) is 36.0 Å². The normalized spacial score (nSPS) is 10.5. The van der Waals surface area contributed by atoms with Gasteiger partial charge in [-0.3, -0.25) is 9.78 Å². The van der Waals surface area contributed by atoms with Gasteiger partial charge in [-0.15, -0.1) is 0 Å². The summed E-state index contributed by atoms with van der Waals surface area (Å²) in [5.41, 5.74) is 7.08. The first-order valence-corrected chi connectivity index (χ1v) is 8.88. The lowest BCUT2D eigenvalue weighted by Gasteiger charge is -2.10. The average Bonchev–Trinajstić information content (AvgIpc) is 2.62. The quantitative estimate of drug-likeness (QED) is 0.623. The number of ether oxygens (including phenoxy) is 1. The number of halogens is 1. The van der Waals surface area contributed by atoms with Crippen LogP contribution in [-0.4, -0.2) is 17.4 Å². The SMILES string of the molecule is NCCCCCCC(=O)Nc1ccc(OCc2cccnc2)c(Cl)c1. The third-order valence-corrected chi connectivity index (χ3v) is 3.99. The third-order valence-electron chi connectivity index (χ3n) is 3.69. The number of amides is 1. The molecular formula is C19H24ClN3O2. The van der Waals surface area contributed by atoms with Crippen LogP contribution in [0.2, 0.25) is 5.02 Å². The van der Waals surface area contributed by atoms with E-state index >= 15 is 0 Å². The van der Waals surface area contributed by atoms with Crippen LogP contribution in [-0.2, 0) is 11.4 Å². The minimum absolute atomic E-state index is 0.00663. The number of nitrogens with two attached hydrogens (primary N) is 1. The highest BCUT2D eigenvalue weighted by Crippen LogP contribution is 2.28. The highest BCUT2D eigenvalue weighted by atomic mass is 35.5. The van der Waals surface area contributed by atoms with Crippen molar-refractivity contribution in [3.8, 4) is 5.75 Å². The van der Waals surface area contributed by atoms with Crippen molar-refractivity contribution in [2.75, 3.05) is 11.9 Å². The Kier molecular flexibility index (Phi) is 8.22. The summed E-state index contributed by atoms with van der Waals surface area (Å²) < 4.78 is 5.69. The van der Waals surface area contributed by atoms with E-state index in [0.717, 1.165) is 31.2 Å². The molecule has 1 heterocycles. The molecule has 0 radical (unpaired) electrons. The van der Waals surface area contributed by atoms with Gasteiger partial charge in [0.05, 0.1) is 5.02 Å². The van der Waals surface area contributed by atoms with Crippen molar-refractivity contribution in [2.24, 2.45) is 5.73 Å². The van der Waals surface area contributed by atoms with Crippen molar-refractivity contribution in [3.63, 3.8) is 0 Å². The number of hydrogen-bond donors (Lipinski definition) is 2. The van der Waals surface area contributed by atoms with E-state index in [1.54, 1.807) is 30.6 Å². The molecule has 6 heteroatoms. The molecule has 0 saturated heterocycles. The summed E-state index contributed by atoms with van der Waals surface area (Å²) >= 11 is 6.24. The van der Waals surface area contributed by atoms with Crippen LogP contribution in [0.3, 0.4) is 0 Å². The highest BCUT2D eigenvalue weighted by Gasteiger charge is 2.07. The van der Waals surface area contributed by atoms with Crippen molar-refractivity contribution in [1.29, 1.82) is 0 Å². The Morgan fingerprint density at radius 3 is 2.76 bits per heavy atom. The van der Waals surface area contributed by atoms with Gasteiger partial charge in [0.2, 0.25) is 5.91 Å². The summed E-state index contributed by atoms with van der Waals surface area (Å²) in [6.45, 7) is 1.10. The van der Waals surface area contributed by atoms with Crippen molar-refractivity contribution in [1.82, 2.24) is 4.98 Å². The molecule has 0 aliphatic rings. The molecule has 1 aromatic heterocycles. The number of anilines is 1. The summed E-state index contributed by atoms with van der Waals surface area (Å²) in [7, 11) is 0. The smallest absolute Gasteiger partial charge is 0.224 e. The lowest BCUT2D eigenvalue weighted by molar-refractivity contribution is -0.116. The monoisotopic (exact) mass is 361 g/mol. The van der Waals surface area contributed by atoms with Gasteiger partial charge in [0.15, 0.2) is 0 Å². The topological polar surface area (TPSA) is 77.2 Å². The second-order valence-corrected chi connectivity index (χ2v) is 6.20. The van der Waals surface area contributed by atoms with Crippen LogP contribution in [0.4, 0.5) is 5.69 Å². The second kappa shape index (κ2) is 10.7.